The van der Waals surface area contributed by atoms with Crippen LogP contribution < -0.4 is 5.32 Å². The molecule has 5 aromatic rings. The normalized spacial score (nSPS) is 11.3. The zero-order chi connectivity index (χ0) is 23.7. The van der Waals surface area contributed by atoms with Crippen LogP contribution in [0.2, 0.25) is 5.02 Å². The highest BCUT2D eigenvalue weighted by Crippen LogP contribution is 2.32. The first-order valence-corrected chi connectivity index (χ1v) is 12.8. The maximum Gasteiger partial charge on any atom is 0.236 e. The van der Waals surface area contributed by atoms with E-state index in [-0.39, 0.29) is 11.7 Å². The lowest BCUT2D eigenvalue weighted by Gasteiger charge is -2.05. The molecular formula is C24H20ClN5O2S2. The van der Waals surface area contributed by atoms with Crippen LogP contribution in [0.25, 0.3) is 33.8 Å². The summed E-state index contributed by atoms with van der Waals surface area (Å²) in [6.45, 7) is 4.64. The van der Waals surface area contributed by atoms with Crippen molar-refractivity contribution in [1.82, 2.24) is 19.7 Å². The number of nitrogens with one attached hydrogen (secondary N) is 1. The third-order valence-corrected chi connectivity index (χ3v) is 7.24. The van der Waals surface area contributed by atoms with Crippen LogP contribution in [0.1, 0.15) is 11.8 Å². The number of anilines is 1. The van der Waals surface area contributed by atoms with Crippen molar-refractivity contribution < 1.29 is 9.21 Å². The van der Waals surface area contributed by atoms with Crippen molar-refractivity contribution in [2.24, 2.45) is 0 Å². The lowest BCUT2D eigenvalue weighted by molar-refractivity contribution is -0.113. The first-order chi connectivity index (χ1) is 16.5. The van der Waals surface area contributed by atoms with Gasteiger partial charge >= 0.3 is 0 Å². The van der Waals surface area contributed by atoms with Crippen molar-refractivity contribution in [3.63, 3.8) is 0 Å². The number of hydrogen-bond donors (Lipinski definition) is 1. The number of thiazole rings is 1. The second kappa shape index (κ2) is 9.61. The fraction of sp³-hybridized carbons (Fsp3) is 0.167. The van der Waals surface area contributed by atoms with Gasteiger partial charge in [-0.3, -0.25) is 9.36 Å². The van der Waals surface area contributed by atoms with Gasteiger partial charge in [0, 0.05) is 27.4 Å². The molecule has 0 saturated heterocycles. The van der Waals surface area contributed by atoms with Crippen LogP contribution in [0.3, 0.4) is 0 Å². The summed E-state index contributed by atoms with van der Waals surface area (Å²) in [6.07, 6.45) is 0. The third-order valence-electron chi connectivity index (χ3n) is 5.15. The fourth-order valence-corrected chi connectivity index (χ4v) is 5.42. The number of amides is 1. The van der Waals surface area contributed by atoms with Crippen LogP contribution >= 0.6 is 34.7 Å². The molecule has 0 atom stereocenters. The lowest BCUT2D eigenvalue weighted by atomic mass is 10.1. The van der Waals surface area contributed by atoms with E-state index in [1.807, 2.05) is 66.9 Å². The molecule has 0 aliphatic heterocycles. The number of thioether (sulfide) groups is 1. The first-order valence-electron chi connectivity index (χ1n) is 10.6. The van der Waals surface area contributed by atoms with Crippen LogP contribution in [-0.4, -0.2) is 31.4 Å². The molecule has 34 heavy (non-hydrogen) atoms. The minimum absolute atomic E-state index is 0.149. The predicted octanol–water partition coefficient (Wildman–Crippen LogP) is 6.53. The van der Waals surface area contributed by atoms with Crippen LogP contribution in [0, 0.1) is 6.92 Å². The monoisotopic (exact) mass is 509 g/mol. The van der Waals surface area contributed by atoms with E-state index < -0.39 is 0 Å². The molecule has 7 nitrogen and oxygen atoms in total. The Kier molecular flexibility index (Phi) is 6.40. The Balaban J connectivity index is 1.28. The maximum atomic E-state index is 12.6. The van der Waals surface area contributed by atoms with Crippen LogP contribution in [0.15, 0.2) is 64.2 Å². The lowest BCUT2D eigenvalue weighted by Crippen LogP contribution is -2.14. The van der Waals surface area contributed by atoms with Gasteiger partial charge in [-0.2, -0.15) is 0 Å². The number of aromatic nitrogens is 4. The second-order valence-corrected chi connectivity index (χ2v) is 10.1. The Labute approximate surface area is 209 Å². The zero-order valence-electron chi connectivity index (χ0n) is 18.4. The quantitative estimate of drug-likeness (QED) is 0.251. The van der Waals surface area contributed by atoms with E-state index in [9.17, 15) is 4.79 Å². The number of aryl methyl sites for hydroxylation is 1. The number of rotatable bonds is 7. The van der Waals surface area contributed by atoms with E-state index in [2.05, 4.69) is 20.5 Å². The molecule has 5 rings (SSSR count). The van der Waals surface area contributed by atoms with Gasteiger partial charge in [-0.15, -0.1) is 21.5 Å². The summed E-state index contributed by atoms with van der Waals surface area (Å²) in [5.41, 5.74) is 2.64. The summed E-state index contributed by atoms with van der Waals surface area (Å²) in [6, 6.07) is 17.3. The molecule has 3 heterocycles. The Bertz CT molecular complexity index is 1480. The standard InChI is InChI=1S/C24H20ClN5O2S2/c1-3-30-22(19-12-16-11-17(25)9-10-18(16)32-19)28-29-24(30)33-13-20(31)26-23-27-21(14(2)34-23)15-7-5-4-6-8-15/h4-12H,3,13H2,1-2H3,(H,26,27,31). The zero-order valence-corrected chi connectivity index (χ0v) is 20.8. The molecule has 0 aliphatic rings. The number of furan rings is 1. The number of benzene rings is 2. The molecule has 1 N–H and O–H groups in total. The minimum Gasteiger partial charge on any atom is -0.453 e. The molecule has 0 unspecified atom stereocenters. The van der Waals surface area contributed by atoms with E-state index in [1.54, 1.807) is 6.07 Å². The second-order valence-electron chi connectivity index (χ2n) is 7.47. The largest absolute Gasteiger partial charge is 0.453 e. The van der Waals surface area contributed by atoms with Gasteiger partial charge in [0.05, 0.1) is 11.4 Å². The molecule has 3 aromatic heterocycles. The van der Waals surface area contributed by atoms with Crippen molar-refractivity contribution in [1.29, 1.82) is 0 Å². The minimum atomic E-state index is -0.149. The summed E-state index contributed by atoms with van der Waals surface area (Å²) >= 11 is 8.87. The smallest absolute Gasteiger partial charge is 0.236 e. The highest BCUT2D eigenvalue weighted by atomic mass is 35.5. The summed E-state index contributed by atoms with van der Waals surface area (Å²) < 4.78 is 7.87. The van der Waals surface area contributed by atoms with Gasteiger partial charge in [0.1, 0.15) is 5.58 Å². The Hall–Kier alpha value is -3.14. The van der Waals surface area contributed by atoms with Gasteiger partial charge in [-0.25, -0.2) is 4.98 Å². The van der Waals surface area contributed by atoms with Crippen molar-refractivity contribution in [2.75, 3.05) is 11.1 Å². The molecule has 172 valence electrons. The van der Waals surface area contributed by atoms with Crippen molar-refractivity contribution in [3.05, 3.63) is 64.5 Å². The average Bonchev–Trinajstić information content (AvgIpc) is 3.53. The molecule has 1 amide bonds. The molecule has 0 aliphatic carbocycles. The fourth-order valence-electron chi connectivity index (χ4n) is 3.59. The summed E-state index contributed by atoms with van der Waals surface area (Å²) in [5.74, 6) is 1.26. The Morgan fingerprint density at radius 1 is 1.18 bits per heavy atom. The number of fused-ring (bicyclic) bond motifs is 1. The van der Waals surface area contributed by atoms with Crippen LogP contribution in [0.4, 0.5) is 5.13 Å². The Morgan fingerprint density at radius 2 is 2.00 bits per heavy atom. The van der Waals surface area contributed by atoms with Crippen molar-refractivity contribution >= 4 is 56.7 Å². The van der Waals surface area contributed by atoms with E-state index >= 15 is 0 Å². The van der Waals surface area contributed by atoms with E-state index in [1.165, 1.54) is 23.1 Å². The highest BCUT2D eigenvalue weighted by Gasteiger charge is 2.19. The number of hydrogen-bond acceptors (Lipinski definition) is 7. The molecular weight excluding hydrogens is 490 g/mol. The highest BCUT2D eigenvalue weighted by molar-refractivity contribution is 7.99. The molecule has 0 radical (unpaired) electrons. The predicted molar refractivity (Wildman–Crippen MR) is 138 cm³/mol. The molecule has 2 aromatic carbocycles. The molecule has 0 bridgehead atoms. The van der Waals surface area contributed by atoms with E-state index in [0.717, 1.165) is 27.1 Å². The van der Waals surface area contributed by atoms with Gasteiger partial charge in [0.25, 0.3) is 0 Å². The van der Waals surface area contributed by atoms with Gasteiger partial charge in [0.2, 0.25) is 11.7 Å². The molecule has 0 fully saturated rings. The number of nitrogens with zero attached hydrogens (tertiary/aromatic N) is 4. The van der Waals surface area contributed by atoms with Gasteiger partial charge in [-0.05, 0) is 38.1 Å². The topological polar surface area (TPSA) is 85.8 Å². The van der Waals surface area contributed by atoms with Crippen LogP contribution in [-0.2, 0) is 11.3 Å². The molecule has 10 heteroatoms. The van der Waals surface area contributed by atoms with Crippen molar-refractivity contribution in [2.45, 2.75) is 25.5 Å². The molecule has 0 saturated carbocycles. The van der Waals surface area contributed by atoms with Crippen molar-refractivity contribution in [3.8, 4) is 22.8 Å². The third kappa shape index (κ3) is 4.59. The van der Waals surface area contributed by atoms with E-state index in [0.29, 0.717) is 33.4 Å². The summed E-state index contributed by atoms with van der Waals surface area (Å²) in [5, 5.41) is 14.3. The SMILES string of the molecule is CCn1c(SCC(=O)Nc2nc(-c3ccccc3)c(C)s2)nnc1-c1cc2cc(Cl)ccc2o1. The number of halogens is 1. The van der Waals surface area contributed by atoms with Gasteiger partial charge in [-0.1, -0.05) is 53.7 Å². The van der Waals surface area contributed by atoms with Crippen LogP contribution in [0.5, 0.6) is 0 Å². The number of carbonyl (C=O) groups is 1. The number of carbonyl (C=O) groups excluding carboxylic acids is 1. The Morgan fingerprint density at radius 3 is 2.79 bits per heavy atom. The average molecular weight is 510 g/mol. The van der Waals surface area contributed by atoms with Gasteiger partial charge < -0.3 is 9.73 Å². The van der Waals surface area contributed by atoms with Gasteiger partial charge in [0.15, 0.2) is 16.0 Å². The molecule has 0 spiro atoms. The summed E-state index contributed by atoms with van der Waals surface area (Å²) in [7, 11) is 0. The first kappa shape index (κ1) is 22.6. The van der Waals surface area contributed by atoms with E-state index in [4.69, 9.17) is 16.0 Å². The maximum absolute atomic E-state index is 12.6. The summed E-state index contributed by atoms with van der Waals surface area (Å²) in [4.78, 5) is 18.3.